The molecule has 0 aliphatic heterocycles. The molecule has 0 rings (SSSR count). The third kappa shape index (κ3) is 4.17. The second-order valence-electron chi connectivity index (χ2n) is 5.51. The molecular weight excluding hydrogens is 537 g/mol. The van der Waals surface area contributed by atoms with E-state index in [1.54, 1.807) is 0 Å². The van der Waals surface area contributed by atoms with Crippen molar-refractivity contribution in [3.63, 3.8) is 0 Å². The number of allylic oxidation sites excluding steroid dienone is 3. The molecule has 0 aliphatic rings. The maximum absolute atomic E-state index is 13.3. The molecule has 0 spiro atoms. The van der Waals surface area contributed by atoms with Crippen LogP contribution in [0.2, 0.25) is 0 Å². The van der Waals surface area contributed by atoms with Crippen molar-refractivity contribution in [3.05, 3.63) is 23.3 Å². The molecule has 0 bridgehead atoms. The molecule has 0 aliphatic carbocycles. The minimum Gasteiger partial charge on any atom is -0.476 e. The van der Waals surface area contributed by atoms with Gasteiger partial charge < -0.3 is 5.11 Å². The van der Waals surface area contributed by atoms with Gasteiger partial charge in [-0.1, -0.05) is 0 Å². The topological polar surface area (TPSA) is 37.3 Å². The van der Waals surface area contributed by atoms with Crippen molar-refractivity contribution >= 4 is 5.97 Å². The van der Waals surface area contributed by atoms with E-state index in [4.69, 9.17) is 5.11 Å². The predicted molar refractivity (Wildman–Crippen MR) is 61.9 cm³/mol. The molecule has 0 aromatic carbocycles. The molecule has 21 heteroatoms. The van der Waals surface area contributed by atoms with Crippen molar-refractivity contribution in [1.29, 1.82) is 0 Å². The number of halogens is 19. The highest BCUT2D eigenvalue weighted by molar-refractivity contribution is 5.85. The van der Waals surface area contributed by atoms with Gasteiger partial charge in [-0.2, -0.15) is 70.2 Å². The number of aliphatic carboxylic acids is 1. The van der Waals surface area contributed by atoms with Crippen LogP contribution < -0.4 is 0 Å². The van der Waals surface area contributed by atoms with Crippen molar-refractivity contribution < 1.29 is 93.3 Å². The summed E-state index contributed by atoms with van der Waals surface area (Å²) in [6.07, 6.45) is -7.90. The van der Waals surface area contributed by atoms with Gasteiger partial charge in [-0.25, -0.2) is 18.0 Å². The van der Waals surface area contributed by atoms with Crippen LogP contribution in [0.5, 0.6) is 0 Å². The molecule has 194 valence electrons. The molecule has 0 saturated heterocycles. The van der Waals surface area contributed by atoms with Crippen LogP contribution in [0.3, 0.4) is 0 Å². The first-order valence-electron chi connectivity index (χ1n) is 6.77. The zero-order valence-electron chi connectivity index (χ0n) is 14.0. The summed E-state index contributed by atoms with van der Waals surface area (Å²) in [7, 11) is 0. The van der Waals surface area contributed by atoms with E-state index in [9.17, 15) is 88.2 Å². The van der Waals surface area contributed by atoms with Crippen molar-refractivity contribution in [2.45, 2.75) is 41.7 Å². The quantitative estimate of drug-likeness (QED) is 0.211. The van der Waals surface area contributed by atoms with Gasteiger partial charge >= 0.3 is 47.7 Å². The Hall–Kier alpha value is -2.38. The minimum absolute atomic E-state index is 3.28. The molecule has 0 heterocycles. The van der Waals surface area contributed by atoms with Gasteiger partial charge in [-0.3, -0.25) is 0 Å². The van der Waals surface area contributed by atoms with Gasteiger partial charge in [0.1, 0.15) is 0 Å². The van der Waals surface area contributed by atoms with Crippen LogP contribution in [0.15, 0.2) is 23.3 Å². The SMILES string of the molecule is O=C(O)/C(F)=C(F)/C(F)=C(\F)C(F)(F)C(F)(F)C(F)(F)C(F)(F)C(F)(F)C(F)(F)C(F)(F)F. The Labute approximate surface area is 165 Å². The fraction of sp³-hybridized carbons (Fsp3) is 0.583. The molecule has 0 saturated carbocycles. The van der Waals surface area contributed by atoms with Crippen LogP contribution in [-0.2, 0) is 4.79 Å². The summed E-state index contributed by atoms with van der Waals surface area (Å²) in [5, 5.41) is 7.83. The molecule has 0 fully saturated rings. The average molecular weight is 538 g/mol. The highest BCUT2D eigenvalue weighted by atomic mass is 19.4. The summed E-state index contributed by atoms with van der Waals surface area (Å²) in [5.74, 6) is -71.6. The highest BCUT2D eigenvalue weighted by Gasteiger charge is 2.93. The van der Waals surface area contributed by atoms with E-state index >= 15 is 0 Å². The fourth-order valence-electron chi connectivity index (χ4n) is 1.53. The Morgan fingerprint density at radius 2 is 0.758 bits per heavy atom. The minimum atomic E-state index is -8.83. The van der Waals surface area contributed by atoms with Crippen LogP contribution >= 0.6 is 0 Å². The lowest BCUT2D eigenvalue weighted by Gasteiger charge is -2.41. The van der Waals surface area contributed by atoms with Gasteiger partial charge in [-0.05, 0) is 0 Å². The van der Waals surface area contributed by atoms with Crippen molar-refractivity contribution in [1.82, 2.24) is 0 Å². The van der Waals surface area contributed by atoms with E-state index in [-0.39, 0.29) is 0 Å². The van der Waals surface area contributed by atoms with Gasteiger partial charge in [0.05, 0.1) is 0 Å². The maximum atomic E-state index is 13.3. The number of carbonyl (C=O) groups is 1. The lowest BCUT2D eigenvalue weighted by molar-refractivity contribution is -0.450. The zero-order chi connectivity index (χ0) is 27.4. The third-order valence-corrected chi connectivity index (χ3v) is 3.37. The molecule has 0 radical (unpaired) electrons. The van der Waals surface area contributed by atoms with Crippen LogP contribution in [0.1, 0.15) is 0 Å². The first kappa shape index (κ1) is 30.6. The molecule has 0 amide bonds. The van der Waals surface area contributed by atoms with Gasteiger partial charge in [0.25, 0.3) is 0 Å². The Morgan fingerprint density at radius 1 is 0.455 bits per heavy atom. The van der Waals surface area contributed by atoms with Crippen LogP contribution in [-0.4, -0.2) is 52.8 Å². The smallest absolute Gasteiger partial charge is 0.460 e. The number of rotatable bonds is 8. The van der Waals surface area contributed by atoms with E-state index in [0.717, 1.165) is 0 Å². The number of hydrogen-bond donors (Lipinski definition) is 1. The molecular formula is C12HF19O2. The summed E-state index contributed by atoms with van der Waals surface area (Å²) in [6, 6.07) is 0. The molecule has 0 unspecified atom stereocenters. The van der Waals surface area contributed by atoms with E-state index < -0.39 is 71.0 Å². The Morgan fingerprint density at radius 3 is 1.06 bits per heavy atom. The van der Waals surface area contributed by atoms with Gasteiger partial charge in [-0.15, -0.1) is 0 Å². The number of carboxylic acids is 1. The fourth-order valence-corrected chi connectivity index (χ4v) is 1.53. The van der Waals surface area contributed by atoms with Crippen LogP contribution in [0, 0.1) is 0 Å². The summed E-state index contributed by atoms with van der Waals surface area (Å²) >= 11 is 0. The standard InChI is InChI=1S/C12HF19O2/c13-1(3(15)5(32)33)2(14)4(16)6(17,18)7(19,20)8(21,22)9(23,24)10(25,26)11(27,28)12(29,30)31/h(H,32,33)/b3-1+,4-2+. The summed E-state index contributed by atoms with van der Waals surface area (Å²) < 4.78 is 244. The second-order valence-corrected chi connectivity index (χ2v) is 5.51. The largest absolute Gasteiger partial charge is 0.476 e. The van der Waals surface area contributed by atoms with E-state index in [1.165, 1.54) is 0 Å². The lowest BCUT2D eigenvalue weighted by atomic mass is 9.90. The van der Waals surface area contributed by atoms with Crippen molar-refractivity contribution in [2.75, 3.05) is 0 Å². The second kappa shape index (κ2) is 8.13. The summed E-state index contributed by atoms with van der Waals surface area (Å²) in [5.41, 5.74) is 0. The summed E-state index contributed by atoms with van der Waals surface area (Å²) in [4.78, 5) is 9.90. The lowest BCUT2D eigenvalue weighted by Crippen LogP contribution is -2.72. The van der Waals surface area contributed by atoms with E-state index in [0.29, 0.717) is 0 Å². The van der Waals surface area contributed by atoms with Crippen molar-refractivity contribution in [3.8, 4) is 0 Å². The molecule has 0 aromatic heterocycles. The van der Waals surface area contributed by atoms with Gasteiger partial charge in [0, 0.05) is 0 Å². The van der Waals surface area contributed by atoms with E-state index in [2.05, 4.69) is 0 Å². The molecule has 1 N–H and O–H groups in total. The first-order valence-corrected chi connectivity index (χ1v) is 6.77. The molecule has 33 heavy (non-hydrogen) atoms. The monoisotopic (exact) mass is 538 g/mol. The first-order chi connectivity index (χ1) is 14.1. The normalized spacial score (nSPS) is 16.9. The Bertz CT molecular complexity index is 845. The predicted octanol–water partition coefficient (Wildman–Crippen LogP) is 6.75. The maximum Gasteiger partial charge on any atom is 0.460 e. The Balaban J connectivity index is 7.00. The van der Waals surface area contributed by atoms with Crippen molar-refractivity contribution in [2.24, 2.45) is 0 Å². The van der Waals surface area contributed by atoms with Gasteiger partial charge in [0.2, 0.25) is 17.5 Å². The number of alkyl halides is 15. The average Bonchev–Trinajstić information content (AvgIpc) is 2.63. The van der Waals surface area contributed by atoms with E-state index in [1.807, 2.05) is 0 Å². The molecule has 0 aromatic rings. The summed E-state index contributed by atoms with van der Waals surface area (Å²) in [6.45, 7) is 0. The van der Waals surface area contributed by atoms with Crippen LogP contribution in [0.4, 0.5) is 83.4 Å². The molecule has 0 atom stereocenters. The third-order valence-electron chi connectivity index (χ3n) is 3.37. The van der Waals surface area contributed by atoms with Gasteiger partial charge in [0.15, 0.2) is 5.83 Å². The van der Waals surface area contributed by atoms with Crippen LogP contribution in [0.25, 0.3) is 0 Å². The zero-order valence-corrected chi connectivity index (χ0v) is 14.0. The highest BCUT2D eigenvalue weighted by Crippen LogP contribution is 2.63. The number of carboxylic acid groups (broad SMARTS) is 1. The number of hydrogen-bond acceptors (Lipinski definition) is 1. The molecule has 2 nitrogen and oxygen atoms in total. The Kier molecular flexibility index (Phi) is 7.55.